The molecule has 2 atom stereocenters. The predicted molar refractivity (Wildman–Crippen MR) is 62.5 cm³/mol. The summed E-state index contributed by atoms with van der Waals surface area (Å²) in [6.07, 6.45) is 3.71. The van der Waals surface area contributed by atoms with Gasteiger partial charge in [-0.05, 0) is 45.7 Å². The molecule has 0 aliphatic heterocycles. The average molecular weight is 209 g/mol. The Labute approximate surface area is 93.5 Å². The van der Waals surface area contributed by atoms with Crippen molar-refractivity contribution in [2.75, 3.05) is 20.1 Å². The van der Waals surface area contributed by atoms with Gasteiger partial charge < -0.3 is 10.2 Å². The van der Waals surface area contributed by atoms with Crippen molar-refractivity contribution < 1.29 is 0 Å². The van der Waals surface area contributed by atoms with Gasteiger partial charge in [-0.15, -0.1) is 0 Å². The fraction of sp³-hybridized carbons (Fsp3) is 0.917. The van der Waals surface area contributed by atoms with Gasteiger partial charge in [0, 0.05) is 12.6 Å². The maximum Gasteiger partial charge on any atom is 0.0965 e. The minimum atomic E-state index is 0.0175. The fourth-order valence-corrected chi connectivity index (χ4v) is 1.93. The van der Waals surface area contributed by atoms with Gasteiger partial charge >= 0.3 is 0 Å². The molecule has 1 aliphatic carbocycles. The second-order valence-electron chi connectivity index (χ2n) is 4.59. The Kier molecular flexibility index (Phi) is 5.07. The molecule has 15 heavy (non-hydrogen) atoms. The van der Waals surface area contributed by atoms with Gasteiger partial charge in [-0.1, -0.05) is 6.92 Å². The Bertz CT molecular complexity index is 217. The SMILES string of the molecule is CCNC(C#N)CCN(C)C(C)C1CC1. The van der Waals surface area contributed by atoms with Crippen LogP contribution in [-0.2, 0) is 0 Å². The molecule has 0 amide bonds. The maximum atomic E-state index is 8.90. The second kappa shape index (κ2) is 6.09. The summed E-state index contributed by atoms with van der Waals surface area (Å²) in [7, 11) is 2.17. The van der Waals surface area contributed by atoms with Crippen LogP contribution in [0.25, 0.3) is 0 Å². The third-order valence-corrected chi connectivity index (χ3v) is 3.38. The molecule has 0 spiro atoms. The Balaban J connectivity index is 2.19. The van der Waals surface area contributed by atoms with Crippen LogP contribution in [0.4, 0.5) is 0 Å². The van der Waals surface area contributed by atoms with E-state index < -0.39 is 0 Å². The molecule has 0 aromatic heterocycles. The molecule has 0 heterocycles. The topological polar surface area (TPSA) is 39.1 Å². The highest BCUT2D eigenvalue weighted by Gasteiger charge is 2.30. The van der Waals surface area contributed by atoms with E-state index in [0.717, 1.165) is 25.4 Å². The zero-order chi connectivity index (χ0) is 11.3. The largest absolute Gasteiger partial charge is 0.303 e. The Morgan fingerprint density at radius 2 is 2.20 bits per heavy atom. The average Bonchev–Trinajstić information content (AvgIpc) is 3.06. The first kappa shape index (κ1) is 12.5. The summed E-state index contributed by atoms with van der Waals surface area (Å²) in [5.41, 5.74) is 0. The van der Waals surface area contributed by atoms with Crippen LogP contribution in [-0.4, -0.2) is 37.1 Å². The summed E-state index contributed by atoms with van der Waals surface area (Å²) >= 11 is 0. The standard InChI is InChI=1S/C12H23N3/c1-4-14-12(9-13)7-8-15(3)10(2)11-5-6-11/h10-12,14H,4-8H2,1-3H3. The van der Waals surface area contributed by atoms with Gasteiger partial charge in [-0.3, -0.25) is 0 Å². The minimum absolute atomic E-state index is 0.0175. The number of nitriles is 1. The molecule has 3 heteroatoms. The maximum absolute atomic E-state index is 8.90. The first-order valence-electron chi connectivity index (χ1n) is 6.02. The quantitative estimate of drug-likeness (QED) is 0.692. The summed E-state index contributed by atoms with van der Waals surface area (Å²) in [5.74, 6) is 0.912. The highest BCUT2D eigenvalue weighted by molar-refractivity contribution is 4.91. The lowest BCUT2D eigenvalue weighted by Crippen LogP contribution is -2.36. The minimum Gasteiger partial charge on any atom is -0.303 e. The van der Waals surface area contributed by atoms with Crippen LogP contribution in [0, 0.1) is 17.2 Å². The van der Waals surface area contributed by atoms with E-state index in [1.807, 2.05) is 6.92 Å². The third kappa shape index (κ3) is 4.19. The third-order valence-electron chi connectivity index (χ3n) is 3.38. The van der Waals surface area contributed by atoms with Crippen LogP contribution < -0.4 is 5.32 Å². The van der Waals surface area contributed by atoms with E-state index in [2.05, 4.69) is 30.3 Å². The number of hydrogen-bond donors (Lipinski definition) is 1. The van der Waals surface area contributed by atoms with Crippen molar-refractivity contribution in [2.45, 2.75) is 45.2 Å². The van der Waals surface area contributed by atoms with Crippen LogP contribution in [0.3, 0.4) is 0 Å². The van der Waals surface area contributed by atoms with Gasteiger partial charge in [0.05, 0.1) is 12.1 Å². The van der Waals surface area contributed by atoms with E-state index in [9.17, 15) is 0 Å². The molecule has 1 saturated carbocycles. The summed E-state index contributed by atoms with van der Waals surface area (Å²) in [5, 5.41) is 12.1. The molecule has 1 rings (SSSR count). The molecule has 3 nitrogen and oxygen atoms in total. The molecule has 1 fully saturated rings. The van der Waals surface area contributed by atoms with Crippen molar-refractivity contribution in [3.8, 4) is 6.07 Å². The Morgan fingerprint density at radius 3 is 2.67 bits per heavy atom. The van der Waals surface area contributed by atoms with Crippen molar-refractivity contribution >= 4 is 0 Å². The molecule has 86 valence electrons. The van der Waals surface area contributed by atoms with E-state index in [4.69, 9.17) is 5.26 Å². The van der Waals surface area contributed by atoms with E-state index in [1.165, 1.54) is 12.8 Å². The van der Waals surface area contributed by atoms with Gasteiger partial charge in [0.1, 0.15) is 0 Å². The van der Waals surface area contributed by atoms with Crippen LogP contribution in [0.2, 0.25) is 0 Å². The van der Waals surface area contributed by atoms with Gasteiger partial charge in [-0.2, -0.15) is 5.26 Å². The monoisotopic (exact) mass is 209 g/mol. The van der Waals surface area contributed by atoms with Crippen LogP contribution in [0.1, 0.15) is 33.1 Å². The van der Waals surface area contributed by atoms with Crippen molar-refractivity contribution in [2.24, 2.45) is 5.92 Å². The van der Waals surface area contributed by atoms with E-state index in [-0.39, 0.29) is 6.04 Å². The van der Waals surface area contributed by atoms with Crippen LogP contribution >= 0.6 is 0 Å². The highest BCUT2D eigenvalue weighted by Crippen LogP contribution is 2.34. The smallest absolute Gasteiger partial charge is 0.0965 e. The van der Waals surface area contributed by atoms with Crippen molar-refractivity contribution in [3.63, 3.8) is 0 Å². The lowest BCUT2D eigenvalue weighted by Gasteiger charge is -2.25. The number of rotatable bonds is 7. The zero-order valence-electron chi connectivity index (χ0n) is 10.2. The zero-order valence-corrected chi connectivity index (χ0v) is 10.2. The molecule has 0 bridgehead atoms. The first-order valence-corrected chi connectivity index (χ1v) is 6.02. The second-order valence-corrected chi connectivity index (χ2v) is 4.59. The van der Waals surface area contributed by atoms with E-state index >= 15 is 0 Å². The highest BCUT2D eigenvalue weighted by atomic mass is 15.1. The molecule has 0 aromatic rings. The Morgan fingerprint density at radius 1 is 1.53 bits per heavy atom. The summed E-state index contributed by atoms with van der Waals surface area (Å²) in [4.78, 5) is 2.39. The van der Waals surface area contributed by atoms with Gasteiger partial charge in [0.15, 0.2) is 0 Å². The molecule has 1 aliphatic rings. The fourth-order valence-electron chi connectivity index (χ4n) is 1.93. The lowest BCUT2D eigenvalue weighted by molar-refractivity contribution is 0.227. The van der Waals surface area contributed by atoms with Crippen LogP contribution in [0.5, 0.6) is 0 Å². The number of nitrogens with one attached hydrogen (secondary N) is 1. The molecule has 0 radical (unpaired) electrons. The summed E-state index contributed by atoms with van der Waals surface area (Å²) in [6, 6.07) is 3.01. The van der Waals surface area contributed by atoms with Gasteiger partial charge in [0.25, 0.3) is 0 Å². The summed E-state index contributed by atoms with van der Waals surface area (Å²) < 4.78 is 0. The predicted octanol–water partition coefficient (Wildman–Crippen LogP) is 1.61. The first-order chi connectivity index (χ1) is 7.19. The molecule has 0 saturated heterocycles. The molecule has 0 aromatic carbocycles. The molecular weight excluding hydrogens is 186 g/mol. The number of hydrogen-bond acceptors (Lipinski definition) is 3. The van der Waals surface area contributed by atoms with E-state index in [0.29, 0.717) is 6.04 Å². The number of nitrogens with zero attached hydrogens (tertiary/aromatic N) is 2. The molecule has 2 unspecified atom stereocenters. The van der Waals surface area contributed by atoms with Crippen molar-refractivity contribution in [1.82, 2.24) is 10.2 Å². The van der Waals surface area contributed by atoms with Crippen molar-refractivity contribution in [1.29, 1.82) is 5.26 Å². The lowest BCUT2D eigenvalue weighted by atomic mass is 10.1. The summed E-state index contributed by atoms with van der Waals surface area (Å²) in [6.45, 7) is 6.23. The normalized spacial score (nSPS) is 19.9. The van der Waals surface area contributed by atoms with Crippen LogP contribution in [0.15, 0.2) is 0 Å². The molecular formula is C12H23N3. The van der Waals surface area contributed by atoms with Gasteiger partial charge in [-0.25, -0.2) is 0 Å². The van der Waals surface area contributed by atoms with Crippen molar-refractivity contribution in [3.05, 3.63) is 0 Å². The molecule has 1 N–H and O–H groups in total. The Hall–Kier alpha value is -0.590. The van der Waals surface area contributed by atoms with E-state index in [1.54, 1.807) is 0 Å². The van der Waals surface area contributed by atoms with Gasteiger partial charge in [0.2, 0.25) is 0 Å².